The fraction of sp³-hybridized carbons (Fsp3) is 0.600. The molecule has 1 aliphatic carbocycles. The highest BCUT2D eigenvalue weighted by atomic mass is 32.1. The van der Waals surface area contributed by atoms with Crippen molar-refractivity contribution in [3.63, 3.8) is 0 Å². The van der Waals surface area contributed by atoms with E-state index in [4.69, 9.17) is 0 Å². The Bertz CT molecular complexity index is 484. The van der Waals surface area contributed by atoms with Gasteiger partial charge in [-0.25, -0.2) is 5.43 Å². The summed E-state index contributed by atoms with van der Waals surface area (Å²) in [6.45, 7) is 6.39. The number of rotatable bonds is 4. The predicted octanol–water partition coefficient (Wildman–Crippen LogP) is 3.78. The molecule has 2 rings (SSSR count). The van der Waals surface area contributed by atoms with Gasteiger partial charge in [-0.15, -0.1) is 11.3 Å². The van der Waals surface area contributed by atoms with Crippen molar-refractivity contribution < 1.29 is 4.79 Å². The average Bonchev–Trinajstić information content (AvgIpc) is 2.82. The normalized spacial score (nSPS) is 17.7. The summed E-state index contributed by atoms with van der Waals surface area (Å²) in [5.74, 6) is 0.675. The minimum Gasteiger partial charge on any atom is -0.266 e. The van der Waals surface area contributed by atoms with Gasteiger partial charge in [0.1, 0.15) is 0 Å². The number of aryl methyl sites for hydroxylation is 1. The van der Waals surface area contributed by atoms with Crippen LogP contribution in [0.1, 0.15) is 60.1 Å². The Kier molecular flexibility index (Phi) is 4.75. The zero-order valence-corrected chi connectivity index (χ0v) is 12.8. The molecule has 0 saturated carbocycles. The lowest BCUT2D eigenvalue weighted by Gasteiger charge is -2.16. The number of amides is 1. The fourth-order valence-corrected chi connectivity index (χ4v) is 3.51. The number of carbonyl (C=O) groups excluding carboxylic acids is 1. The zero-order chi connectivity index (χ0) is 13.8. The predicted molar refractivity (Wildman–Crippen MR) is 81.0 cm³/mol. The summed E-state index contributed by atoms with van der Waals surface area (Å²) in [6.07, 6.45) is 5.23. The average molecular weight is 278 g/mol. The van der Waals surface area contributed by atoms with Gasteiger partial charge in [-0.3, -0.25) is 4.79 Å². The number of hydrogen-bond donors (Lipinski definition) is 1. The first-order chi connectivity index (χ1) is 9.13. The minimum atomic E-state index is -0.0635. The van der Waals surface area contributed by atoms with E-state index in [0.29, 0.717) is 0 Å². The van der Waals surface area contributed by atoms with E-state index in [2.05, 4.69) is 37.4 Å². The highest BCUT2D eigenvalue weighted by molar-refractivity contribution is 7.14. The number of nitrogens with zero attached hydrogens (tertiary/aromatic N) is 1. The molecule has 19 heavy (non-hydrogen) atoms. The summed E-state index contributed by atoms with van der Waals surface area (Å²) in [5, 5.41) is 4.18. The summed E-state index contributed by atoms with van der Waals surface area (Å²) in [5.41, 5.74) is 5.08. The highest BCUT2D eigenvalue weighted by Crippen LogP contribution is 2.32. The summed E-state index contributed by atoms with van der Waals surface area (Å²) >= 11 is 1.63. The quantitative estimate of drug-likeness (QED) is 0.661. The first-order valence-electron chi connectivity index (χ1n) is 7.11. The van der Waals surface area contributed by atoms with Crippen LogP contribution in [-0.2, 0) is 12.8 Å². The van der Waals surface area contributed by atoms with Crippen LogP contribution in [0.2, 0.25) is 0 Å². The summed E-state index contributed by atoms with van der Waals surface area (Å²) < 4.78 is 0. The van der Waals surface area contributed by atoms with Crippen molar-refractivity contribution in [3.05, 3.63) is 21.4 Å². The maximum Gasteiger partial charge on any atom is 0.281 e. The van der Waals surface area contributed by atoms with Crippen molar-refractivity contribution in [1.29, 1.82) is 0 Å². The van der Waals surface area contributed by atoms with Crippen LogP contribution in [0.4, 0.5) is 0 Å². The van der Waals surface area contributed by atoms with Gasteiger partial charge < -0.3 is 0 Å². The Morgan fingerprint density at radius 2 is 2.21 bits per heavy atom. The molecule has 1 aromatic heterocycles. The van der Waals surface area contributed by atoms with Crippen molar-refractivity contribution in [2.75, 3.05) is 0 Å². The van der Waals surface area contributed by atoms with E-state index in [1.165, 1.54) is 16.9 Å². The molecule has 1 atom stereocenters. The van der Waals surface area contributed by atoms with Gasteiger partial charge in [0.05, 0.1) is 4.88 Å². The Hall–Kier alpha value is -1.16. The molecule has 1 unspecified atom stereocenters. The SMILES string of the molecule is CCC(CC)=NNC(=O)c1cc2c(s1)CCC(C)C2. The number of nitrogens with one attached hydrogen (secondary N) is 1. The smallest absolute Gasteiger partial charge is 0.266 e. The molecule has 1 N–H and O–H groups in total. The number of carbonyl (C=O) groups is 1. The van der Waals surface area contributed by atoms with E-state index in [9.17, 15) is 4.79 Å². The van der Waals surface area contributed by atoms with Gasteiger partial charge in [0.15, 0.2) is 0 Å². The lowest BCUT2D eigenvalue weighted by atomic mass is 9.90. The lowest BCUT2D eigenvalue weighted by Crippen LogP contribution is -2.18. The molecule has 1 aromatic rings. The van der Waals surface area contributed by atoms with Gasteiger partial charge in [0, 0.05) is 10.6 Å². The molecule has 4 heteroatoms. The Labute approximate surface area is 119 Å². The van der Waals surface area contributed by atoms with E-state index in [0.717, 1.165) is 42.2 Å². The maximum atomic E-state index is 12.1. The second-order valence-corrected chi connectivity index (χ2v) is 6.37. The standard InChI is InChI=1S/C15H22N2OS/c1-4-12(5-2)16-17-15(18)14-9-11-8-10(3)6-7-13(11)19-14/h9-10H,4-8H2,1-3H3,(H,17,18). The fourth-order valence-electron chi connectivity index (χ4n) is 2.41. The van der Waals surface area contributed by atoms with Crippen LogP contribution in [0, 0.1) is 5.92 Å². The maximum absolute atomic E-state index is 12.1. The minimum absolute atomic E-state index is 0.0635. The first-order valence-corrected chi connectivity index (χ1v) is 7.93. The second-order valence-electron chi connectivity index (χ2n) is 5.23. The molecule has 1 amide bonds. The molecule has 0 saturated heterocycles. The number of hydrazone groups is 1. The van der Waals surface area contributed by atoms with Crippen molar-refractivity contribution in [3.8, 4) is 0 Å². The van der Waals surface area contributed by atoms with E-state index >= 15 is 0 Å². The number of fused-ring (bicyclic) bond motifs is 1. The monoisotopic (exact) mass is 278 g/mol. The molecule has 0 bridgehead atoms. The van der Waals surface area contributed by atoms with Crippen LogP contribution in [0.25, 0.3) is 0 Å². The Morgan fingerprint density at radius 3 is 2.89 bits per heavy atom. The van der Waals surface area contributed by atoms with E-state index < -0.39 is 0 Å². The van der Waals surface area contributed by atoms with Crippen LogP contribution in [0.3, 0.4) is 0 Å². The lowest BCUT2D eigenvalue weighted by molar-refractivity contribution is 0.0958. The van der Waals surface area contributed by atoms with Crippen molar-refractivity contribution in [2.24, 2.45) is 11.0 Å². The van der Waals surface area contributed by atoms with Crippen LogP contribution in [-0.4, -0.2) is 11.6 Å². The molecule has 0 fully saturated rings. The molecule has 3 nitrogen and oxygen atoms in total. The van der Waals surface area contributed by atoms with Crippen molar-refractivity contribution >= 4 is 23.0 Å². The van der Waals surface area contributed by atoms with Crippen molar-refractivity contribution in [2.45, 2.75) is 52.9 Å². The summed E-state index contributed by atoms with van der Waals surface area (Å²) in [4.78, 5) is 14.3. The van der Waals surface area contributed by atoms with Gasteiger partial charge in [-0.2, -0.15) is 5.10 Å². The molecule has 1 heterocycles. The third-order valence-corrected chi connectivity index (χ3v) is 4.92. The van der Waals surface area contributed by atoms with Gasteiger partial charge in [0.2, 0.25) is 0 Å². The first kappa shape index (κ1) is 14.3. The van der Waals surface area contributed by atoms with Crippen LogP contribution < -0.4 is 5.43 Å². The molecule has 104 valence electrons. The topological polar surface area (TPSA) is 41.5 Å². The van der Waals surface area contributed by atoms with Gasteiger partial charge in [-0.1, -0.05) is 20.8 Å². The van der Waals surface area contributed by atoms with Crippen molar-refractivity contribution in [1.82, 2.24) is 5.43 Å². The molecular weight excluding hydrogens is 256 g/mol. The third kappa shape index (κ3) is 3.44. The van der Waals surface area contributed by atoms with Crippen LogP contribution in [0.5, 0.6) is 0 Å². The van der Waals surface area contributed by atoms with Gasteiger partial charge in [-0.05, 0) is 49.7 Å². The van der Waals surface area contributed by atoms with Gasteiger partial charge >= 0.3 is 0 Å². The van der Waals surface area contributed by atoms with E-state index in [1.807, 2.05) is 0 Å². The zero-order valence-electron chi connectivity index (χ0n) is 12.0. The number of hydrogen-bond acceptors (Lipinski definition) is 3. The molecule has 0 aliphatic heterocycles. The molecule has 0 aromatic carbocycles. The van der Waals surface area contributed by atoms with Gasteiger partial charge in [0.25, 0.3) is 5.91 Å². The number of thiophene rings is 1. The highest BCUT2D eigenvalue weighted by Gasteiger charge is 2.20. The Balaban J connectivity index is 2.06. The van der Waals surface area contributed by atoms with Crippen LogP contribution in [0.15, 0.2) is 11.2 Å². The molecule has 1 aliphatic rings. The molecule has 0 radical (unpaired) electrons. The summed E-state index contributed by atoms with van der Waals surface area (Å²) in [6, 6.07) is 2.05. The van der Waals surface area contributed by atoms with E-state index in [-0.39, 0.29) is 5.91 Å². The Morgan fingerprint density at radius 1 is 1.47 bits per heavy atom. The van der Waals surface area contributed by atoms with Crippen LogP contribution >= 0.6 is 11.3 Å². The second kappa shape index (κ2) is 6.33. The molecular formula is C15H22N2OS. The molecule has 0 spiro atoms. The summed E-state index contributed by atoms with van der Waals surface area (Å²) in [7, 11) is 0. The largest absolute Gasteiger partial charge is 0.281 e. The third-order valence-electron chi connectivity index (χ3n) is 3.68. The van der Waals surface area contributed by atoms with E-state index in [1.54, 1.807) is 11.3 Å².